The Morgan fingerprint density at radius 2 is 2.28 bits per heavy atom. The number of carbonyl (C=O) groups is 1. The number of carboxylic acids is 1. The molecule has 0 saturated heterocycles. The van der Waals surface area contributed by atoms with Crippen molar-refractivity contribution >= 4 is 16.0 Å². The maximum Gasteiger partial charge on any atom is 0.321 e. The lowest BCUT2D eigenvalue weighted by molar-refractivity contribution is -0.139. The SMILES string of the molecule is CCn1cnc(S(=O)(=O)N[C@H](CCO)C(=O)O)c1. The third-order valence-electron chi connectivity index (χ3n) is 2.26. The van der Waals surface area contributed by atoms with E-state index in [0.29, 0.717) is 6.54 Å². The number of aliphatic hydroxyl groups excluding tert-OH is 1. The van der Waals surface area contributed by atoms with Crippen LogP contribution >= 0.6 is 0 Å². The molecular formula is C9H15N3O5S. The van der Waals surface area contributed by atoms with E-state index in [9.17, 15) is 13.2 Å². The third kappa shape index (κ3) is 3.52. The summed E-state index contributed by atoms with van der Waals surface area (Å²) in [7, 11) is -3.99. The van der Waals surface area contributed by atoms with Crippen LogP contribution in [0.15, 0.2) is 17.6 Å². The van der Waals surface area contributed by atoms with Gasteiger partial charge in [-0.05, 0) is 13.3 Å². The summed E-state index contributed by atoms with van der Waals surface area (Å²) in [5, 5.41) is 17.2. The lowest BCUT2D eigenvalue weighted by Crippen LogP contribution is -2.41. The Labute approximate surface area is 104 Å². The van der Waals surface area contributed by atoms with Crippen LogP contribution in [0.25, 0.3) is 0 Å². The molecule has 0 aliphatic rings. The normalized spacial score (nSPS) is 13.4. The molecule has 0 amide bonds. The predicted molar refractivity (Wildman–Crippen MR) is 61.3 cm³/mol. The van der Waals surface area contributed by atoms with Gasteiger partial charge in [0.1, 0.15) is 6.04 Å². The second-order valence-electron chi connectivity index (χ2n) is 3.57. The number of aliphatic carboxylic acids is 1. The lowest BCUT2D eigenvalue weighted by atomic mass is 10.2. The van der Waals surface area contributed by atoms with Crippen molar-refractivity contribution < 1.29 is 23.4 Å². The van der Waals surface area contributed by atoms with Gasteiger partial charge in [0.15, 0.2) is 5.03 Å². The van der Waals surface area contributed by atoms with Crippen molar-refractivity contribution in [1.29, 1.82) is 0 Å². The van der Waals surface area contributed by atoms with Crippen LogP contribution in [0.4, 0.5) is 0 Å². The predicted octanol–water partition coefficient (Wildman–Crippen LogP) is -0.983. The molecule has 0 aliphatic carbocycles. The van der Waals surface area contributed by atoms with Gasteiger partial charge in [-0.3, -0.25) is 4.79 Å². The minimum absolute atomic E-state index is 0.205. The Kier molecular flexibility index (Phi) is 4.82. The Morgan fingerprint density at radius 3 is 2.72 bits per heavy atom. The molecule has 102 valence electrons. The minimum atomic E-state index is -3.99. The molecule has 1 atom stereocenters. The Bertz CT molecular complexity index is 510. The highest BCUT2D eigenvalue weighted by atomic mass is 32.2. The molecule has 1 rings (SSSR count). The van der Waals surface area contributed by atoms with E-state index in [1.165, 1.54) is 12.5 Å². The van der Waals surface area contributed by atoms with Crippen molar-refractivity contribution in [2.24, 2.45) is 0 Å². The fourth-order valence-corrected chi connectivity index (χ4v) is 2.43. The molecule has 0 fully saturated rings. The topological polar surface area (TPSA) is 122 Å². The van der Waals surface area contributed by atoms with Gasteiger partial charge >= 0.3 is 5.97 Å². The summed E-state index contributed by atoms with van der Waals surface area (Å²) in [6.07, 6.45) is 2.44. The van der Waals surface area contributed by atoms with E-state index < -0.39 is 28.6 Å². The molecule has 0 unspecified atom stereocenters. The minimum Gasteiger partial charge on any atom is -0.480 e. The van der Waals surface area contributed by atoms with Gasteiger partial charge in [-0.1, -0.05) is 0 Å². The van der Waals surface area contributed by atoms with Crippen molar-refractivity contribution in [3.05, 3.63) is 12.5 Å². The Balaban J connectivity index is 2.89. The monoisotopic (exact) mass is 277 g/mol. The Morgan fingerprint density at radius 1 is 1.61 bits per heavy atom. The second-order valence-corrected chi connectivity index (χ2v) is 5.23. The van der Waals surface area contributed by atoms with Gasteiger partial charge in [0.2, 0.25) is 0 Å². The van der Waals surface area contributed by atoms with Crippen LogP contribution in [-0.2, 0) is 21.4 Å². The summed E-state index contributed by atoms with van der Waals surface area (Å²) >= 11 is 0. The number of sulfonamides is 1. The number of imidazole rings is 1. The van der Waals surface area contributed by atoms with E-state index >= 15 is 0 Å². The van der Waals surface area contributed by atoms with Crippen LogP contribution in [0.2, 0.25) is 0 Å². The summed E-state index contributed by atoms with van der Waals surface area (Å²) in [5.74, 6) is -1.34. The number of aromatic nitrogens is 2. The maximum atomic E-state index is 11.8. The molecule has 18 heavy (non-hydrogen) atoms. The van der Waals surface area contributed by atoms with Crippen LogP contribution in [0.1, 0.15) is 13.3 Å². The molecule has 0 aromatic carbocycles. The van der Waals surface area contributed by atoms with Crippen molar-refractivity contribution in [3.8, 4) is 0 Å². The maximum absolute atomic E-state index is 11.8. The van der Waals surface area contributed by atoms with Crippen molar-refractivity contribution in [1.82, 2.24) is 14.3 Å². The molecule has 0 bridgehead atoms. The fraction of sp³-hybridized carbons (Fsp3) is 0.556. The number of hydrogen-bond donors (Lipinski definition) is 3. The first kappa shape index (κ1) is 14.6. The first-order valence-corrected chi connectivity index (χ1v) is 6.76. The number of aliphatic hydroxyl groups is 1. The van der Waals surface area contributed by atoms with Gasteiger partial charge in [-0.15, -0.1) is 0 Å². The van der Waals surface area contributed by atoms with Crippen LogP contribution in [-0.4, -0.2) is 46.8 Å². The highest BCUT2D eigenvalue weighted by Crippen LogP contribution is 2.07. The summed E-state index contributed by atoms with van der Waals surface area (Å²) < 4.78 is 27.2. The molecule has 0 spiro atoms. The van der Waals surface area contributed by atoms with Gasteiger partial charge < -0.3 is 14.8 Å². The zero-order valence-electron chi connectivity index (χ0n) is 9.78. The van der Waals surface area contributed by atoms with Crippen LogP contribution in [0, 0.1) is 0 Å². The van der Waals surface area contributed by atoms with E-state index in [-0.39, 0.29) is 11.4 Å². The van der Waals surface area contributed by atoms with Gasteiger partial charge in [-0.2, -0.15) is 4.72 Å². The standard InChI is InChI=1S/C9H15N3O5S/c1-2-12-5-8(10-6-12)18(16,17)11-7(3-4-13)9(14)15/h5-7,11,13H,2-4H2,1H3,(H,14,15)/t7-/m1/s1. The zero-order valence-corrected chi connectivity index (χ0v) is 10.6. The van der Waals surface area contributed by atoms with Gasteiger partial charge in [-0.25, -0.2) is 13.4 Å². The Hall–Kier alpha value is -1.45. The number of hydrogen-bond acceptors (Lipinski definition) is 5. The van der Waals surface area contributed by atoms with E-state index in [1.807, 2.05) is 11.6 Å². The van der Waals surface area contributed by atoms with Crippen molar-refractivity contribution in [2.75, 3.05) is 6.61 Å². The third-order valence-corrected chi connectivity index (χ3v) is 3.62. The van der Waals surface area contributed by atoms with E-state index in [1.54, 1.807) is 4.57 Å². The smallest absolute Gasteiger partial charge is 0.321 e. The van der Waals surface area contributed by atoms with Crippen molar-refractivity contribution in [2.45, 2.75) is 31.0 Å². The quantitative estimate of drug-likeness (QED) is 0.588. The van der Waals surface area contributed by atoms with Crippen LogP contribution in [0.5, 0.6) is 0 Å². The average Bonchev–Trinajstić information content (AvgIpc) is 2.77. The highest BCUT2D eigenvalue weighted by molar-refractivity contribution is 7.89. The number of carboxylic acid groups (broad SMARTS) is 1. The highest BCUT2D eigenvalue weighted by Gasteiger charge is 2.26. The van der Waals surface area contributed by atoms with Crippen LogP contribution < -0.4 is 4.72 Å². The molecular weight excluding hydrogens is 262 g/mol. The molecule has 8 nitrogen and oxygen atoms in total. The molecule has 0 saturated carbocycles. The molecule has 1 heterocycles. The molecule has 1 aromatic rings. The van der Waals surface area contributed by atoms with E-state index in [0.717, 1.165) is 0 Å². The summed E-state index contributed by atoms with van der Waals surface area (Å²) in [6.45, 7) is 1.95. The first-order valence-electron chi connectivity index (χ1n) is 5.28. The number of nitrogens with one attached hydrogen (secondary N) is 1. The van der Waals surface area contributed by atoms with E-state index in [2.05, 4.69) is 4.98 Å². The number of nitrogens with zero attached hydrogens (tertiary/aromatic N) is 2. The van der Waals surface area contributed by atoms with Gasteiger partial charge in [0.05, 0.1) is 6.33 Å². The second kappa shape index (κ2) is 5.94. The summed E-state index contributed by atoms with van der Waals surface area (Å²) in [5.41, 5.74) is 0. The fourth-order valence-electron chi connectivity index (χ4n) is 1.26. The molecule has 0 aliphatic heterocycles. The molecule has 9 heteroatoms. The first-order chi connectivity index (χ1) is 8.40. The zero-order chi connectivity index (χ0) is 13.8. The van der Waals surface area contributed by atoms with Crippen LogP contribution in [0.3, 0.4) is 0 Å². The molecule has 1 aromatic heterocycles. The number of rotatable bonds is 7. The summed E-state index contributed by atoms with van der Waals surface area (Å²) in [6, 6.07) is -1.37. The lowest BCUT2D eigenvalue weighted by Gasteiger charge is -2.11. The van der Waals surface area contributed by atoms with Crippen molar-refractivity contribution in [3.63, 3.8) is 0 Å². The molecule has 3 N–H and O–H groups in total. The number of aryl methyl sites for hydroxylation is 1. The van der Waals surface area contributed by atoms with E-state index in [4.69, 9.17) is 10.2 Å². The van der Waals surface area contributed by atoms with Gasteiger partial charge in [0.25, 0.3) is 10.0 Å². The average molecular weight is 277 g/mol. The molecule has 0 radical (unpaired) electrons. The largest absolute Gasteiger partial charge is 0.480 e. The summed E-state index contributed by atoms with van der Waals surface area (Å²) in [4.78, 5) is 14.5. The van der Waals surface area contributed by atoms with Gasteiger partial charge in [0, 0.05) is 19.3 Å².